The number of fused-ring (bicyclic) bond motifs is 1. The standard InChI is InChI=1S/C16H24O3/c1-9(2)18-13-12-11(5)7-8-16(12,6)15(17)14(13)19-10(3)4/h9-10,12H,5,7-8H2,1-4,6H3/t12-,16-/m1/s1. The maximum Gasteiger partial charge on any atom is 0.207 e. The molecule has 2 atom stereocenters. The second-order valence-corrected chi connectivity index (χ2v) is 6.36. The zero-order valence-corrected chi connectivity index (χ0v) is 12.6. The minimum absolute atomic E-state index is 0.00356. The second-order valence-electron chi connectivity index (χ2n) is 6.36. The van der Waals surface area contributed by atoms with Crippen molar-refractivity contribution in [1.29, 1.82) is 0 Å². The van der Waals surface area contributed by atoms with Gasteiger partial charge < -0.3 is 9.47 Å². The first-order chi connectivity index (χ1) is 8.77. The first-order valence-corrected chi connectivity index (χ1v) is 7.07. The average Bonchev–Trinajstić information content (AvgIpc) is 2.68. The van der Waals surface area contributed by atoms with Gasteiger partial charge in [0, 0.05) is 5.41 Å². The Bertz CT molecular complexity index is 445. The van der Waals surface area contributed by atoms with Crippen molar-refractivity contribution in [2.24, 2.45) is 11.3 Å². The second kappa shape index (κ2) is 4.69. The molecule has 0 amide bonds. The summed E-state index contributed by atoms with van der Waals surface area (Å²) in [6.07, 6.45) is 1.74. The summed E-state index contributed by atoms with van der Waals surface area (Å²) in [5.74, 6) is 1.22. The molecule has 0 aromatic carbocycles. The number of ketones is 1. The van der Waals surface area contributed by atoms with Gasteiger partial charge in [-0.05, 0) is 40.5 Å². The SMILES string of the molecule is C=C1CC[C@@]2(C)C(=O)C(OC(C)C)=C(OC(C)C)[C@@H]12. The van der Waals surface area contributed by atoms with Crippen LogP contribution in [0.3, 0.4) is 0 Å². The Balaban J connectivity index is 2.45. The highest BCUT2D eigenvalue weighted by Gasteiger charge is 2.57. The Morgan fingerprint density at radius 3 is 2.32 bits per heavy atom. The first-order valence-electron chi connectivity index (χ1n) is 7.07. The van der Waals surface area contributed by atoms with E-state index in [0.29, 0.717) is 11.5 Å². The van der Waals surface area contributed by atoms with Crippen LogP contribution in [0.15, 0.2) is 23.7 Å². The van der Waals surface area contributed by atoms with Crippen LogP contribution in [0.4, 0.5) is 0 Å². The van der Waals surface area contributed by atoms with E-state index < -0.39 is 5.41 Å². The van der Waals surface area contributed by atoms with Crippen molar-refractivity contribution in [3.8, 4) is 0 Å². The van der Waals surface area contributed by atoms with Gasteiger partial charge in [-0.1, -0.05) is 19.1 Å². The molecule has 0 saturated heterocycles. The Morgan fingerprint density at radius 1 is 1.21 bits per heavy atom. The molecule has 2 aliphatic rings. The monoisotopic (exact) mass is 264 g/mol. The maximum atomic E-state index is 12.7. The molecule has 0 aromatic rings. The van der Waals surface area contributed by atoms with Crippen LogP contribution in [-0.4, -0.2) is 18.0 Å². The summed E-state index contributed by atoms with van der Waals surface area (Å²) in [6.45, 7) is 13.9. The predicted octanol–water partition coefficient (Wildman–Crippen LogP) is 3.60. The fourth-order valence-electron chi connectivity index (χ4n) is 3.10. The number of ether oxygens (including phenoxy) is 2. The van der Waals surface area contributed by atoms with Crippen molar-refractivity contribution in [3.05, 3.63) is 23.7 Å². The molecule has 0 aromatic heterocycles. The van der Waals surface area contributed by atoms with Gasteiger partial charge in [-0.3, -0.25) is 4.79 Å². The smallest absolute Gasteiger partial charge is 0.207 e. The molecule has 0 radical (unpaired) electrons. The molecule has 0 heterocycles. The number of allylic oxidation sites excluding steroid dienone is 2. The fourth-order valence-corrected chi connectivity index (χ4v) is 3.10. The van der Waals surface area contributed by atoms with Gasteiger partial charge >= 0.3 is 0 Å². The Labute approximate surface area is 115 Å². The Morgan fingerprint density at radius 2 is 1.79 bits per heavy atom. The minimum atomic E-state index is -0.411. The van der Waals surface area contributed by atoms with Crippen molar-refractivity contribution in [2.75, 3.05) is 0 Å². The van der Waals surface area contributed by atoms with Crippen molar-refractivity contribution in [2.45, 2.75) is 59.7 Å². The number of hydrogen-bond acceptors (Lipinski definition) is 3. The zero-order valence-electron chi connectivity index (χ0n) is 12.6. The van der Waals surface area contributed by atoms with Crippen LogP contribution in [0, 0.1) is 11.3 Å². The lowest BCUT2D eigenvalue weighted by atomic mass is 9.79. The molecule has 1 fully saturated rings. The van der Waals surface area contributed by atoms with Gasteiger partial charge in [0.2, 0.25) is 11.5 Å². The quantitative estimate of drug-likeness (QED) is 0.728. The summed E-state index contributed by atoms with van der Waals surface area (Å²) in [4.78, 5) is 12.7. The lowest BCUT2D eigenvalue weighted by Gasteiger charge is -2.24. The molecule has 19 heavy (non-hydrogen) atoms. The molecule has 0 N–H and O–H groups in total. The summed E-state index contributed by atoms with van der Waals surface area (Å²) < 4.78 is 11.7. The van der Waals surface area contributed by atoms with Crippen molar-refractivity contribution in [1.82, 2.24) is 0 Å². The van der Waals surface area contributed by atoms with E-state index in [1.165, 1.54) is 0 Å². The number of rotatable bonds is 4. The van der Waals surface area contributed by atoms with Crippen LogP contribution >= 0.6 is 0 Å². The molecular weight excluding hydrogens is 240 g/mol. The molecular formula is C16H24O3. The summed E-state index contributed by atoms with van der Waals surface area (Å²) in [5.41, 5.74) is 0.680. The van der Waals surface area contributed by atoms with Crippen molar-refractivity contribution in [3.63, 3.8) is 0 Å². The molecule has 0 bridgehead atoms. The van der Waals surface area contributed by atoms with Gasteiger partial charge in [-0.25, -0.2) is 0 Å². The molecule has 0 aliphatic heterocycles. The third kappa shape index (κ3) is 2.19. The van der Waals surface area contributed by atoms with E-state index in [2.05, 4.69) is 6.58 Å². The number of Topliss-reactive ketones (excluding diaryl/α,β-unsaturated/α-hetero) is 1. The topological polar surface area (TPSA) is 35.5 Å². The molecule has 2 aliphatic carbocycles. The van der Waals surface area contributed by atoms with Gasteiger partial charge in [0.25, 0.3) is 0 Å². The third-order valence-electron chi connectivity index (χ3n) is 3.94. The van der Waals surface area contributed by atoms with Crippen molar-refractivity contribution < 1.29 is 14.3 Å². The van der Waals surface area contributed by atoms with Crippen LogP contribution in [0.5, 0.6) is 0 Å². The molecule has 1 saturated carbocycles. The van der Waals surface area contributed by atoms with E-state index in [0.717, 1.165) is 18.4 Å². The Hall–Kier alpha value is -1.25. The van der Waals surface area contributed by atoms with Crippen molar-refractivity contribution >= 4 is 5.78 Å². The van der Waals surface area contributed by atoms with E-state index in [1.807, 2.05) is 34.6 Å². The van der Waals surface area contributed by atoms with Gasteiger partial charge in [0.05, 0.1) is 18.1 Å². The van der Waals surface area contributed by atoms with Gasteiger partial charge in [-0.2, -0.15) is 0 Å². The minimum Gasteiger partial charge on any atom is -0.491 e. The molecule has 2 rings (SSSR count). The van der Waals surface area contributed by atoms with E-state index in [-0.39, 0.29) is 23.9 Å². The van der Waals surface area contributed by atoms with Crippen LogP contribution in [-0.2, 0) is 14.3 Å². The van der Waals surface area contributed by atoms with Gasteiger partial charge in [-0.15, -0.1) is 0 Å². The van der Waals surface area contributed by atoms with Crippen LogP contribution in [0.1, 0.15) is 47.5 Å². The first kappa shape index (κ1) is 14.2. The highest BCUT2D eigenvalue weighted by Crippen LogP contribution is 2.56. The normalized spacial score (nSPS) is 30.6. The molecule has 0 spiro atoms. The average molecular weight is 264 g/mol. The summed E-state index contributed by atoms with van der Waals surface area (Å²) in [5, 5.41) is 0. The van der Waals surface area contributed by atoms with Gasteiger partial charge in [0.1, 0.15) is 0 Å². The molecule has 3 nitrogen and oxygen atoms in total. The maximum absolute atomic E-state index is 12.7. The fraction of sp³-hybridized carbons (Fsp3) is 0.688. The molecule has 106 valence electrons. The summed E-state index contributed by atoms with van der Waals surface area (Å²) in [7, 11) is 0. The zero-order chi connectivity index (χ0) is 14.4. The van der Waals surface area contributed by atoms with E-state index in [9.17, 15) is 4.79 Å². The van der Waals surface area contributed by atoms with Crippen LogP contribution in [0.2, 0.25) is 0 Å². The van der Waals surface area contributed by atoms with E-state index in [4.69, 9.17) is 9.47 Å². The highest BCUT2D eigenvalue weighted by molar-refractivity contribution is 6.02. The lowest BCUT2D eigenvalue weighted by Crippen LogP contribution is -2.28. The number of carbonyl (C=O) groups excluding carboxylic acids is 1. The number of carbonyl (C=O) groups is 1. The van der Waals surface area contributed by atoms with Crippen LogP contribution in [0.25, 0.3) is 0 Å². The largest absolute Gasteiger partial charge is 0.491 e. The lowest BCUT2D eigenvalue weighted by molar-refractivity contribution is -0.127. The highest BCUT2D eigenvalue weighted by atomic mass is 16.5. The Kier molecular flexibility index (Phi) is 3.50. The molecule has 3 heteroatoms. The summed E-state index contributed by atoms with van der Waals surface area (Å²) in [6, 6.07) is 0. The van der Waals surface area contributed by atoms with E-state index in [1.54, 1.807) is 0 Å². The van der Waals surface area contributed by atoms with Gasteiger partial charge in [0.15, 0.2) is 5.76 Å². The molecule has 0 unspecified atom stereocenters. The van der Waals surface area contributed by atoms with Crippen LogP contribution < -0.4 is 0 Å². The number of hydrogen-bond donors (Lipinski definition) is 0. The van der Waals surface area contributed by atoms with E-state index >= 15 is 0 Å². The predicted molar refractivity (Wildman–Crippen MR) is 74.4 cm³/mol. The summed E-state index contributed by atoms with van der Waals surface area (Å²) >= 11 is 0. The third-order valence-corrected chi connectivity index (χ3v) is 3.94.